The van der Waals surface area contributed by atoms with E-state index in [0.717, 1.165) is 6.42 Å². The molecule has 0 aliphatic heterocycles. The van der Waals surface area contributed by atoms with Gasteiger partial charge >= 0.3 is 0 Å². The lowest BCUT2D eigenvalue weighted by Gasteiger charge is -2.33. The Bertz CT molecular complexity index is 131. The highest BCUT2D eigenvalue weighted by atomic mass is 16.6. The predicted molar refractivity (Wildman–Crippen MR) is 52.5 cm³/mol. The summed E-state index contributed by atoms with van der Waals surface area (Å²) in [5.74, 6) is 10.1. The van der Waals surface area contributed by atoms with E-state index in [0.29, 0.717) is 13.2 Å². The van der Waals surface area contributed by atoms with Crippen molar-refractivity contribution in [2.75, 3.05) is 13.2 Å². The largest absolute Gasteiger partial charge is 0.304 e. The maximum atomic E-state index is 5.05. The fourth-order valence-corrected chi connectivity index (χ4v) is 1.85. The van der Waals surface area contributed by atoms with Crippen molar-refractivity contribution in [3.8, 4) is 0 Å². The first kappa shape index (κ1) is 12.8. The molecular weight excluding hydrogens is 168 g/mol. The Morgan fingerprint density at radius 3 is 1.38 bits per heavy atom. The van der Waals surface area contributed by atoms with Crippen LogP contribution in [0.25, 0.3) is 0 Å². The Labute approximate surface area is 80.5 Å². The van der Waals surface area contributed by atoms with Crippen LogP contribution in [-0.4, -0.2) is 13.2 Å². The highest BCUT2D eigenvalue weighted by Crippen LogP contribution is 2.33. The molecule has 0 heterocycles. The molecule has 0 amide bonds. The van der Waals surface area contributed by atoms with Gasteiger partial charge in [0.25, 0.3) is 0 Å². The van der Waals surface area contributed by atoms with Crippen molar-refractivity contribution < 1.29 is 9.68 Å². The summed E-state index contributed by atoms with van der Waals surface area (Å²) in [6.45, 7) is 9.52. The molecule has 0 radical (unpaired) electrons. The van der Waals surface area contributed by atoms with Crippen LogP contribution >= 0.6 is 0 Å². The molecule has 0 aromatic rings. The molecule has 0 fully saturated rings. The van der Waals surface area contributed by atoms with Gasteiger partial charge in [0.1, 0.15) is 0 Å². The highest BCUT2D eigenvalue weighted by Gasteiger charge is 2.29. The summed E-state index contributed by atoms with van der Waals surface area (Å²) in [5.41, 5.74) is 0.105. The van der Waals surface area contributed by atoms with Crippen molar-refractivity contribution in [2.24, 2.45) is 22.6 Å². The summed E-state index contributed by atoms with van der Waals surface area (Å²) in [6, 6.07) is 0. The molecule has 0 spiro atoms. The third kappa shape index (κ3) is 5.99. The van der Waals surface area contributed by atoms with E-state index in [9.17, 15) is 0 Å². The summed E-state index contributed by atoms with van der Waals surface area (Å²) < 4.78 is 0. The molecule has 0 aromatic heterocycles. The van der Waals surface area contributed by atoms with Gasteiger partial charge in [-0.25, -0.2) is 11.8 Å². The second-order valence-electron chi connectivity index (χ2n) is 5.13. The lowest BCUT2D eigenvalue weighted by Crippen LogP contribution is -2.32. The molecule has 4 nitrogen and oxygen atoms in total. The van der Waals surface area contributed by atoms with E-state index in [-0.39, 0.29) is 10.8 Å². The number of rotatable bonds is 6. The van der Waals surface area contributed by atoms with Crippen molar-refractivity contribution >= 4 is 0 Å². The smallest absolute Gasteiger partial charge is 0.0730 e. The first-order chi connectivity index (χ1) is 5.83. The average Bonchev–Trinajstić information content (AvgIpc) is 1.82. The van der Waals surface area contributed by atoms with Crippen molar-refractivity contribution in [2.45, 2.75) is 34.1 Å². The first-order valence-corrected chi connectivity index (χ1v) is 4.46. The SMILES string of the molecule is CC(C)(CON)CC(C)(C)CON. The van der Waals surface area contributed by atoms with Gasteiger partial charge in [0.15, 0.2) is 0 Å². The van der Waals surface area contributed by atoms with Crippen LogP contribution in [0.5, 0.6) is 0 Å². The molecule has 80 valence electrons. The molecule has 0 aromatic carbocycles. The van der Waals surface area contributed by atoms with Gasteiger partial charge in [0.05, 0.1) is 13.2 Å². The third-order valence-electron chi connectivity index (χ3n) is 1.91. The van der Waals surface area contributed by atoms with Crippen LogP contribution in [0.4, 0.5) is 0 Å². The van der Waals surface area contributed by atoms with Gasteiger partial charge in [-0.2, -0.15) is 0 Å². The van der Waals surface area contributed by atoms with Crippen molar-refractivity contribution in [3.63, 3.8) is 0 Å². The van der Waals surface area contributed by atoms with E-state index in [1.807, 2.05) is 0 Å². The standard InChI is InChI=1S/C9H22N2O2/c1-8(2,6-12-10)5-9(3,4)7-13-11/h5-7,10-11H2,1-4H3. The molecule has 0 unspecified atom stereocenters. The maximum absolute atomic E-state index is 5.05. The summed E-state index contributed by atoms with van der Waals surface area (Å²) in [4.78, 5) is 9.32. The zero-order valence-electron chi connectivity index (χ0n) is 9.09. The van der Waals surface area contributed by atoms with Crippen LogP contribution < -0.4 is 11.8 Å². The Hall–Kier alpha value is -0.160. The highest BCUT2D eigenvalue weighted by molar-refractivity contribution is 4.78. The molecule has 0 saturated heterocycles. The van der Waals surface area contributed by atoms with E-state index >= 15 is 0 Å². The number of hydrogen-bond donors (Lipinski definition) is 2. The normalized spacial score (nSPS) is 13.4. The van der Waals surface area contributed by atoms with Crippen LogP contribution in [-0.2, 0) is 9.68 Å². The van der Waals surface area contributed by atoms with Crippen LogP contribution in [0.15, 0.2) is 0 Å². The van der Waals surface area contributed by atoms with Crippen LogP contribution in [0, 0.1) is 10.8 Å². The lowest BCUT2D eigenvalue weighted by molar-refractivity contribution is 0.000979. The molecule has 0 aliphatic carbocycles. The molecule has 13 heavy (non-hydrogen) atoms. The topological polar surface area (TPSA) is 70.5 Å². The van der Waals surface area contributed by atoms with Crippen molar-refractivity contribution in [3.05, 3.63) is 0 Å². The Balaban J connectivity index is 4.07. The zero-order valence-corrected chi connectivity index (χ0v) is 9.09. The molecule has 0 saturated carbocycles. The summed E-state index contributed by atoms with van der Waals surface area (Å²) in [5, 5.41) is 0. The molecule has 0 aliphatic rings. The van der Waals surface area contributed by atoms with Crippen LogP contribution in [0.2, 0.25) is 0 Å². The second kappa shape index (κ2) is 4.91. The van der Waals surface area contributed by atoms with Gasteiger partial charge in [-0.15, -0.1) is 0 Å². The van der Waals surface area contributed by atoms with E-state index < -0.39 is 0 Å². The molecule has 4 heteroatoms. The van der Waals surface area contributed by atoms with E-state index in [1.54, 1.807) is 0 Å². The fourth-order valence-electron chi connectivity index (χ4n) is 1.85. The Morgan fingerprint density at radius 2 is 1.15 bits per heavy atom. The van der Waals surface area contributed by atoms with Gasteiger partial charge in [0.2, 0.25) is 0 Å². The molecule has 4 N–H and O–H groups in total. The quantitative estimate of drug-likeness (QED) is 0.618. The molecule has 0 atom stereocenters. The van der Waals surface area contributed by atoms with Gasteiger partial charge in [-0.1, -0.05) is 27.7 Å². The fraction of sp³-hybridized carbons (Fsp3) is 1.00. The molecule has 0 rings (SSSR count). The zero-order chi connectivity index (χ0) is 10.5. The summed E-state index contributed by atoms with van der Waals surface area (Å²) in [6.07, 6.45) is 0.953. The van der Waals surface area contributed by atoms with E-state index in [1.165, 1.54) is 0 Å². The minimum atomic E-state index is 0.0524. The molecule has 0 bridgehead atoms. The maximum Gasteiger partial charge on any atom is 0.0730 e. The monoisotopic (exact) mass is 190 g/mol. The Kier molecular flexibility index (Phi) is 4.85. The van der Waals surface area contributed by atoms with E-state index in [4.69, 9.17) is 11.8 Å². The van der Waals surface area contributed by atoms with Crippen molar-refractivity contribution in [1.29, 1.82) is 0 Å². The van der Waals surface area contributed by atoms with Crippen LogP contribution in [0.3, 0.4) is 0 Å². The summed E-state index contributed by atoms with van der Waals surface area (Å²) >= 11 is 0. The van der Waals surface area contributed by atoms with Gasteiger partial charge in [-0.3, -0.25) is 0 Å². The molecular formula is C9H22N2O2. The third-order valence-corrected chi connectivity index (χ3v) is 1.91. The van der Waals surface area contributed by atoms with Crippen LogP contribution in [0.1, 0.15) is 34.1 Å². The van der Waals surface area contributed by atoms with Gasteiger partial charge in [-0.05, 0) is 17.3 Å². The lowest BCUT2D eigenvalue weighted by atomic mass is 9.76. The van der Waals surface area contributed by atoms with Gasteiger partial charge < -0.3 is 9.68 Å². The number of hydrogen-bond acceptors (Lipinski definition) is 4. The minimum Gasteiger partial charge on any atom is -0.304 e. The number of nitrogens with two attached hydrogens (primary N) is 2. The summed E-state index contributed by atoms with van der Waals surface area (Å²) in [7, 11) is 0. The van der Waals surface area contributed by atoms with Gasteiger partial charge in [0, 0.05) is 0 Å². The van der Waals surface area contributed by atoms with E-state index in [2.05, 4.69) is 37.4 Å². The first-order valence-electron chi connectivity index (χ1n) is 4.46. The average molecular weight is 190 g/mol. The van der Waals surface area contributed by atoms with Crippen molar-refractivity contribution in [1.82, 2.24) is 0 Å². The predicted octanol–water partition coefficient (Wildman–Crippen LogP) is 1.21. The second-order valence-corrected chi connectivity index (χ2v) is 5.13. The Morgan fingerprint density at radius 1 is 0.846 bits per heavy atom. The minimum absolute atomic E-state index is 0.0524.